The summed E-state index contributed by atoms with van der Waals surface area (Å²) >= 11 is 0. The van der Waals surface area contributed by atoms with E-state index in [1.165, 1.54) is 0 Å². The van der Waals surface area contributed by atoms with Crippen molar-refractivity contribution in [2.75, 3.05) is 0 Å². The Morgan fingerprint density at radius 3 is 1.69 bits per heavy atom. The highest BCUT2D eigenvalue weighted by molar-refractivity contribution is 8.45. The van der Waals surface area contributed by atoms with Crippen LogP contribution >= 0.6 is 10.2 Å². The van der Waals surface area contributed by atoms with Crippen LogP contribution in [-0.2, 0) is 0 Å². The van der Waals surface area contributed by atoms with E-state index in [0.717, 1.165) is 0 Å². The van der Waals surface area contributed by atoms with Crippen molar-refractivity contribution >= 4 is 17.5 Å². The zero-order valence-electron chi connectivity index (χ0n) is 7.49. The molecule has 16 heavy (non-hydrogen) atoms. The Hall–Kier alpha value is -0.995. The molecule has 0 radical (unpaired) electrons. The lowest BCUT2D eigenvalue weighted by molar-refractivity contribution is 0.288. The van der Waals surface area contributed by atoms with Crippen LogP contribution in [0, 0.1) is 0 Å². The van der Waals surface area contributed by atoms with Gasteiger partial charge in [-0.2, -0.15) is 0 Å². The average molecular weight is 264 g/mol. The predicted octanol–water partition coefficient (Wildman–Crippen LogP) is 2.69. The first-order valence-electron chi connectivity index (χ1n) is 3.75. The fraction of sp³-hybridized carbons (Fsp3) is 0. The van der Waals surface area contributed by atoms with Gasteiger partial charge in [0.1, 0.15) is 10.6 Å². The number of hydrogen-bond donors (Lipinski definition) is 2. The van der Waals surface area contributed by atoms with Crippen molar-refractivity contribution in [2.45, 2.75) is 4.90 Å². The maximum Gasteiger partial charge on any atom is 0.707 e. The van der Waals surface area contributed by atoms with Gasteiger partial charge in [0, 0.05) is 0 Å². The first-order valence-corrected chi connectivity index (χ1v) is 5.70. The predicted molar refractivity (Wildman–Crippen MR) is 48.7 cm³/mol. The summed E-state index contributed by atoms with van der Waals surface area (Å²) in [6.45, 7) is 0. The summed E-state index contributed by atoms with van der Waals surface area (Å²) in [4.78, 5) is -2.07. The molecule has 1 aromatic carbocycles. The van der Waals surface area contributed by atoms with E-state index in [-0.39, 0.29) is 17.9 Å². The van der Waals surface area contributed by atoms with Crippen LogP contribution in [-0.4, -0.2) is 17.4 Å². The highest BCUT2D eigenvalue weighted by Gasteiger charge is 2.65. The van der Waals surface area contributed by atoms with Gasteiger partial charge in [0.15, 0.2) is 0 Å². The molecule has 0 unspecified atom stereocenters. The van der Waals surface area contributed by atoms with Crippen molar-refractivity contribution in [3.8, 4) is 5.75 Å². The van der Waals surface area contributed by atoms with E-state index in [4.69, 9.17) is 10.0 Å². The fourth-order valence-corrected chi connectivity index (χ4v) is 1.55. The van der Waals surface area contributed by atoms with Gasteiger partial charge in [-0.3, -0.25) is 0 Å². The molecule has 0 saturated carbocycles. The third-order valence-corrected chi connectivity index (χ3v) is 2.67. The molecule has 3 nitrogen and oxygen atoms in total. The molecule has 2 N–H and O–H groups in total. The van der Waals surface area contributed by atoms with Gasteiger partial charge >= 0.3 is 17.5 Å². The number of benzene rings is 1. The van der Waals surface area contributed by atoms with E-state index in [2.05, 4.69) is 4.65 Å². The minimum absolute atomic E-state index is 0.110. The normalized spacial score (nSPS) is 16.2. The number of rotatable bonds is 3. The van der Waals surface area contributed by atoms with Gasteiger partial charge in [0.25, 0.3) is 0 Å². The van der Waals surface area contributed by atoms with Crippen molar-refractivity contribution in [1.82, 2.24) is 0 Å². The Labute approximate surface area is 87.4 Å². The molecule has 1 rings (SSSR count). The molecule has 0 heterocycles. The lowest BCUT2D eigenvalue weighted by Gasteiger charge is -2.40. The average Bonchev–Trinajstić information content (AvgIpc) is 1.99. The van der Waals surface area contributed by atoms with Crippen LogP contribution in [0.25, 0.3) is 0 Å². The van der Waals surface area contributed by atoms with Crippen LogP contribution in [0.4, 0.5) is 19.4 Å². The Balaban J connectivity index is 3.06. The molecule has 0 spiro atoms. The SMILES string of the molecule is OB(O)Oc1ccc(S(F)(F)(F)(F)F)cc1. The summed E-state index contributed by atoms with van der Waals surface area (Å²) in [6, 6.07) is 1.35. The number of hydrogen-bond acceptors (Lipinski definition) is 3. The molecule has 10 heteroatoms. The summed E-state index contributed by atoms with van der Waals surface area (Å²) in [7, 11) is -11.9. The van der Waals surface area contributed by atoms with Gasteiger partial charge in [-0.25, -0.2) is 0 Å². The largest absolute Gasteiger partial charge is 0.707 e. The second kappa shape index (κ2) is 3.02. The summed E-state index contributed by atoms with van der Waals surface area (Å²) in [6.07, 6.45) is 0. The van der Waals surface area contributed by atoms with Gasteiger partial charge < -0.3 is 14.7 Å². The Bertz CT molecular complexity index is 388. The second-order valence-electron chi connectivity index (χ2n) is 2.88. The van der Waals surface area contributed by atoms with E-state index in [1.807, 2.05) is 0 Å². The van der Waals surface area contributed by atoms with Gasteiger partial charge in [-0.05, 0) is 24.3 Å². The topological polar surface area (TPSA) is 49.7 Å². The quantitative estimate of drug-likeness (QED) is 0.651. The third kappa shape index (κ3) is 3.54. The lowest BCUT2D eigenvalue weighted by atomic mass is 10.2. The maximum atomic E-state index is 12.2. The molecular formula is C6H6BF5O3S. The molecule has 0 atom stereocenters. The highest BCUT2D eigenvalue weighted by atomic mass is 32.5. The monoisotopic (exact) mass is 264 g/mol. The van der Waals surface area contributed by atoms with Crippen molar-refractivity contribution in [3.05, 3.63) is 24.3 Å². The molecule has 1 aromatic rings. The molecule has 0 fully saturated rings. The maximum absolute atomic E-state index is 12.2. The molecule has 0 amide bonds. The molecule has 0 aliphatic heterocycles. The molecule has 0 aromatic heterocycles. The minimum Gasteiger partial charge on any atom is -0.512 e. The molecule has 0 bridgehead atoms. The van der Waals surface area contributed by atoms with Crippen LogP contribution in [0.2, 0.25) is 0 Å². The summed E-state index contributed by atoms with van der Waals surface area (Å²) in [5.41, 5.74) is 0. The van der Waals surface area contributed by atoms with Crippen LogP contribution in [0.3, 0.4) is 0 Å². The zero-order chi connectivity index (χ0) is 12.7. The van der Waals surface area contributed by atoms with E-state index < -0.39 is 22.4 Å². The van der Waals surface area contributed by atoms with Crippen LogP contribution in [0.5, 0.6) is 5.75 Å². The van der Waals surface area contributed by atoms with Crippen LogP contribution in [0.1, 0.15) is 0 Å². The smallest absolute Gasteiger partial charge is 0.512 e. The van der Waals surface area contributed by atoms with E-state index in [0.29, 0.717) is 12.1 Å². The lowest BCUT2D eigenvalue weighted by Crippen LogP contribution is -2.20. The second-order valence-corrected chi connectivity index (χ2v) is 5.29. The molecule has 0 aliphatic carbocycles. The Morgan fingerprint density at radius 2 is 1.38 bits per heavy atom. The van der Waals surface area contributed by atoms with Gasteiger partial charge in [0.05, 0.1) is 0 Å². The van der Waals surface area contributed by atoms with E-state index in [1.54, 1.807) is 0 Å². The molecule has 0 aliphatic rings. The highest BCUT2D eigenvalue weighted by Crippen LogP contribution is 3.02. The molecular weight excluding hydrogens is 258 g/mol. The van der Waals surface area contributed by atoms with Crippen molar-refractivity contribution < 1.29 is 34.1 Å². The summed E-state index contributed by atoms with van der Waals surface area (Å²) in [5.74, 6) is -0.374. The van der Waals surface area contributed by atoms with Gasteiger partial charge in [-0.15, -0.1) is 0 Å². The van der Waals surface area contributed by atoms with E-state index >= 15 is 0 Å². The number of halogens is 5. The first kappa shape index (κ1) is 13.1. The Kier molecular flexibility index (Phi) is 2.47. The van der Waals surface area contributed by atoms with Gasteiger partial charge in [-0.1, -0.05) is 19.4 Å². The fourth-order valence-electron chi connectivity index (χ4n) is 0.897. The zero-order valence-corrected chi connectivity index (χ0v) is 8.30. The minimum atomic E-state index is -9.68. The summed E-state index contributed by atoms with van der Waals surface area (Å²) < 4.78 is 65.2. The molecule has 92 valence electrons. The van der Waals surface area contributed by atoms with Crippen molar-refractivity contribution in [3.63, 3.8) is 0 Å². The van der Waals surface area contributed by atoms with Crippen LogP contribution in [0.15, 0.2) is 29.2 Å². The standard InChI is InChI=1S/C6H6BF5O3S/c8-16(9,10,11,12)6-3-1-5(2-4-6)15-7(13)14/h1-4,13-14H. The van der Waals surface area contributed by atoms with Gasteiger partial charge in [0.2, 0.25) is 0 Å². The van der Waals surface area contributed by atoms with Crippen LogP contribution < -0.4 is 4.65 Å². The van der Waals surface area contributed by atoms with Crippen molar-refractivity contribution in [1.29, 1.82) is 0 Å². The Morgan fingerprint density at radius 1 is 0.938 bits per heavy atom. The molecule has 0 saturated heterocycles. The van der Waals surface area contributed by atoms with E-state index in [9.17, 15) is 19.4 Å². The first-order chi connectivity index (χ1) is 6.88. The summed E-state index contributed by atoms with van der Waals surface area (Å²) in [5, 5.41) is 16.6. The third-order valence-electron chi connectivity index (χ3n) is 1.51. The van der Waals surface area contributed by atoms with Crippen molar-refractivity contribution in [2.24, 2.45) is 0 Å².